The molecule has 0 unspecified atom stereocenters. The van der Waals surface area contributed by atoms with E-state index in [1.165, 1.54) is 5.56 Å². The first-order chi connectivity index (χ1) is 22.5. The smallest absolute Gasteiger partial charge is 0.235 e. The molecule has 0 radical (unpaired) electrons. The van der Waals surface area contributed by atoms with E-state index in [9.17, 15) is 5.11 Å². The lowest BCUT2D eigenvalue weighted by atomic mass is 9.92. The average molecular weight is 597 g/mol. The average Bonchev–Trinajstić information content (AvgIpc) is 3.11. The normalized spacial score (nSPS) is 11.6. The number of hydrogen-bond acceptors (Lipinski definition) is 4. The predicted octanol–water partition coefficient (Wildman–Crippen LogP) is 9.76. The Bertz CT molecular complexity index is 2190. The molecule has 5 heteroatoms. The molecule has 5 nitrogen and oxygen atoms in total. The summed E-state index contributed by atoms with van der Waals surface area (Å²) in [6, 6.07) is 47.6. The van der Waals surface area contributed by atoms with E-state index in [1.54, 1.807) is 6.07 Å². The van der Waals surface area contributed by atoms with Gasteiger partial charge in [-0.1, -0.05) is 109 Å². The number of aromatic nitrogens is 2. The summed E-state index contributed by atoms with van der Waals surface area (Å²) in [5, 5.41) is 15.9. The molecule has 0 saturated carbocycles. The van der Waals surface area contributed by atoms with Gasteiger partial charge < -0.3 is 10.9 Å². The van der Waals surface area contributed by atoms with Crippen molar-refractivity contribution in [2.24, 2.45) is 10.9 Å². The Hall–Kier alpha value is -6.07. The number of nitrogens with zero attached hydrogens (tertiary/aromatic N) is 3. The van der Waals surface area contributed by atoms with Gasteiger partial charge in [-0.25, -0.2) is 9.97 Å². The highest BCUT2D eigenvalue weighted by Gasteiger charge is 2.14. The first-order valence-electron chi connectivity index (χ1n) is 15.2. The molecule has 7 aromatic rings. The predicted molar refractivity (Wildman–Crippen MR) is 190 cm³/mol. The Morgan fingerprint density at radius 3 is 1.93 bits per heavy atom. The number of nitrogens with two attached hydrogens (primary N) is 1. The first kappa shape index (κ1) is 28.7. The van der Waals surface area contributed by atoms with Gasteiger partial charge in [0.25, 0.3) is 0 Å². The molecule has 3 N–H and O–H groups in total. The second-order valence-corrected chi connectivity index (χ2v) is 11.4. The van der Waals surface area contributed by atoms with Crippen molar-refractivity contribution in [3.05, 3.63) is 156 Å². The lowest BCUT2D eigenvalue weighted by Gasteiger charge is -2.14. The van der Waals surface area contributed by atoms with Gasteiger partial charge in [0.2, 0.25) is 5.90 Å². The topological polar surface area (TPSA) is 84.4 Å². The molecule has 0 bridgehead atoms. The first-order valence-corrected chi connectivity index (χ1v) is 15.2. The molecule has 6 aromatic carbocycles. The molecule has 1 heterocycles. The second kappa shape index (κ2) is 12.1. The maximum Gasteiger partial charge on any atom is 0.235 e. The molecule has 0 aliphatic carbocycles. The van der Waals surface area contributed by atoms with Crippen LogP contribution in [0.1, 0.15) is 16.7 Å². The quantitative estimate of drug-likeness (QED) is 0.0866. The van der Waals surface area contributed by atoms with E-state index in [0.717, 1.165) is 66.7 Å². The van der Waals surface area contributed by atoms with E-state index >= 15 is 0 Å². The second-order valence-electron chi connectivity index (χ2n) is 11.4. The van der Waals surface area contributed by atoms with Gasteiger partial charge in [-0.05, 0) is 88.3 Å². The number of hydrazone groups is 1. The van der Waals surface area contributed by atoms with Crippen LogP contribution in [0.5, 0.6) is 0 Å². The Kier molecular flexibility index (Phi) is 7.57. The summed E-state index contributed by atoms with van der Waals surface area (Å²) in [5.41, 5.74) is 12.0. The summed E-state index contributed by atoms with van der Waals surface area (Å²) in [6.07, 6.45) is 0. The molecule has 0 amide bonds. The van der Waals surface area contributed by atoms with E-state index < -0.39 is 0 Å². The number of aryl methyl sites for hydroxylation is 2. The number of hydrogen-bond donors (Lipinski definition) is 2. The van der Waals surface area contributed by atoms with E-state index in [2.05, 4.69) is 116 Å². The molecular formula is C41H32N4O. The number of fused-ring (bicyclic) bond motifs is 1. The summed E-state index contributed by atoms with van der Waals surface area (Å²) in [4.78, 5) is 10.1. The molecule has 0 spiro atoms. The molecule has 222 valence electrons. The maximum atomic E-state index is 10.2. The highest BCUT2D eigenvalue weighted by molar-refractivity contribution is 6.01. The van der Waals surface area contributed by atoms with Crippen molar-refractivity contribution in [2.45, 2.75) is 13.8 Å². The SMILES string of the molecule is Cc1ccccc1-c1cc(-c2ccc(-c3cc(-c4cccc(C(O)=NN)c4)c4ccccc4c3)cc2)nc(-c2ccccc2C)n1. The van der Waals surface area contributed by atoms with Gasteiger partial charge in [0, 0.05) is 22.3 Å². The molecule has 7 rings (SSSR count). The van der Waals surface area contributed by atoms with E-state index in [1.807, 2.05) is 36.4 Å². The van der Waals surface area contributed by atoms with Crippen molar-refractivity contribution in [1.82, 2.24) is 9.97 Å². The molecule has 0 fully saturated rings. The molecule has 46 heavy (non-hydrogen) atoms. The zero-order valence-corrected chi connectivity index (χ0v) is 25.6. The van der Waals surface area contributed by atoms with E-state index in [-0.39, 0.29) is 5.90 Å². The molecule has 0 aliphatic heterocycles. The fourth-order valence-corrected chi connectivity index (χ4v) is 5.99. The third-order valence-corrected chi connectivity index (χ3v) is 8.46. The van der Waals surface area contributed by atoms with Gasteiger partial charge >= 0.3 is 0 Å². The van der Waals surface area contributed by atoms with Crippen LogP contribution in [0, 0.1) is 13.8 Å². The van der Waals surface area contributed by atoms with Crippen molar-refractivity contribution in [3.63, 3.8) is 0 Å². The summed E-state index contributed by atoms with van der Waals surface area (Å²) < 4.78 is 0. The minimum atomic E-state index is -0.196. The van der Waals surface area contributed by atoms with Gasteiger partial charge in [0.1, 0.15) is 0 Å². The monoisotopic (exact) mass is 596 g/mol. The van der Waals surface area contributed by atoms with Gasteiger partial charge in [-0.2, -0.15) is 0 Å². The molecule has 0 saturated heterocycles. The maximum absolute atomic E-state index is 10.2. The van der Waals surface area contributed by atoms with Crippen LogP contribution in [0.2, 0.25) is 0 Å². The van der Waals surface area contributed by atoms with E-state index in [0.29, 0.717) is 11.4 Å². The molecule has 0 aliphatic rings. The summed E-state index contributed by atoms with van der Waals surface area (Å²) in [7, 11) is 0. The zero-order chi connectivity index (χ0) is 31.6. The van der Waals surface area contributed by atoms with E-state index in [4.69, 9.17) is 15.8 Å². The van der Waals surface area contributed by atoms with Crippen molar-refractivity contribution in [1.29, 1.82) is 0 Å². The molecular weight excluding hydrogens is 564 g/mol. The fourth-order valence-electron chi connectivity index (χ4n) is 5.99. The fraction of sp³-hybridized carbons (Fsp3) is 0.0488. The van der Waals surface area contributed by atoms with Crippen LogP contribution in [0.15, 0.2) is 145 Å². The largest absolute Gasteiger partial charge is 0.492 e. The van der Waals surface area contributed by atoms with Crippen LogP contribution in [-0.4, -0.2) is 21.0 Å². The van der Waals surface area contributed by atoms with Crippen LogP contribution in [0.25, 0.3) is 66.9 Å². The standard InChI is InChI=1S/C41H32N4O/c1-26-10-3-6-15-34(26)39-25-38(43-40(44-39)35-16-7-4-11-27(35)2)29-20-18-28(19-21-29)33-23-30-12-5-8-17-36(30)37(24-33)31-13-9-14-32(22-31)41(46)45-42/h3-25H,42H2,1-2H3,(H,45,46). The Morgan fingerprint density at radius 2 is 1.20 bits per heavy atom. The molecule has 1 aromatic heterocycles. The van der Waals surface area contributed by atoms with Crippen molar-refractivity contribution < 1.29 is 5.11 Å². The van der Waals surface area contributed by atoms with Crippen molar-refractivity contribution >= 4 is 16.7 Å². The number of rotatable bonds is 6. The minimum absolute atomic E-state index is 0.196. The van der Waals surface area contributed by atoms with Crippen LogP contribution in [0.4, 0.5) is 0 Å². The number of benzene rings is 6. The number of aliphatic hydroxyl groups is 1. The zero-order valence-electron chi connectivity index (χ0n) is 25.6. The highest BCUT2D eigenvalue weighted by atomic mass is 16.3. The van der Waals surface area contributed by atoms with Crippen LogP contribution >= 0.6 is 0 Å². The Morgan fingerprint density at radius 1 is 0.543 bits per heavy atom. The van der Waals surface area contributed by atoms with Crippen molar-refractivity contribution in [3.8, 4) is 56.2 Å². The Balaban J connectivity index is 1.33. The van der Waals surface area contributed by atoms with Gasteiger partial charge in [-0.15, -0.1) is 5.10 Å². The number of aliphatic hydroxyl groups excluding tert-OH is 1. The summed E-state index contributed by atoms with van der Waals surface area (Å²) in [6.45, 7) is 4.21. The third-order valence-electron chi connectivity index (χ3n) is 8.46. The van der Waals surface area contributed by atoms with Crippen LogP contribution < -0.4 is 5.84 Å². The van der Waals surface area contributed by atoms with Crippen molar-refractivity contribution in [2.75, 3.05) is 0 Å². The van der Waals surface area contributed by atoms with Gasteiger partial charge in [0.15, 0.2) is 5.82 Å². The lowest BCUT2D eigenvalue weighted by molar-refractivity contribution is 0.551. The van der Waals surface area contributed by atoms with Crippen LogP contribution in [0.3, 0.4) is 0 Å². The molecule has 0 atom stereocenters. The van der Waals surface area contributed by atoms with Crippen LogP contribution in [-0.2, 0) is 0 Å². The highest BCUT2D eigenvalue weighted by Crippen LogP contribution is 2.36. The summed E-state index contributed by atoms with van der Waals surface area (Å²) >= 11 is 0. The lowest BCUT2D eigenvalue weighted by Crippen LogP contribution is -2.02. The third kappa shape index (κ3) is 5.51. The summed E-state index contributed by atoms with van der Waals surface area (Å²) in [5.74, 6) is 5.87. The van der Waals surface area contributed by atoms with Gasteiger partial charge in [-0.3, -0.25) is 0 Å². The minimum Gasteiger partial charge on any atom is -0.492 e. The Labute approximate surface area is 268 Å². The van der Waals surface area contributed by atoms with Gasteiger partial charge in [0.05, 0.1) is 11.4 Å².